The molecule has 0 saturated heterocycles. The van der Waals surface area contributed by atoms with Gasteiger partial charge in [0.1, 0.15) is 5.25 Å². The molecule has 1 aliphatic rings. The Hall–Kier alpha value is -1.36. The molecule has 0 radical (unpaired) electrons. The van der Waals surface area contributed by atoms with Gasteiger partial charge in [0.05, 0.1) is 5.75 Å². The van der Waals surface area contributed by atoms with Crippen molar-refractivity contribution in [1.82, 2.24) is 0 Å². The molecule has 1 aromatic carbocycles. The number of hydrogen-bond acceptors (Lipinski definition) is 3. The summed E-state index contributed by atoms with van der Waals surface area (Å²) in [6, 6.07) is 7.71. The smallest absolute Gasteiger partial charge is 0.245 e. The molecular weight excluding hydrogens is 274 g/mol. The molecule has 1 amide bonds. The zero-order valence-corrected chi connectivity index (χ0v) is 13.0. The third-order valence-electron chi connectivity index (χ3n) is 3.86. The van der Waals surface area contributed by atoms with Crippen LogP contribution in [0, 0.1) is 0 Å². The van der Waals surface area contributed by atoms with Gasteiger partial charge < -0.3 is 4.90 Å². The molecular formula is C15H21NO3S. The summed E-state index contributed by atoms with van der Waals surface area (Å²) in [5, 5.41) is -0.971. The maximum atomic E-state index is 12.5. The molecule has 1 heterocycles. The quantitative estimate of drug-likeness (QED) is 0.857. The number of nitrogens with zero attached hydrogens (tertiary/aromatic N) is 1. The van der Waals surface area contributed by atoms with Gasteiger partial charge in [0, 0.05) is 18.2 Å². The molecule has 2 atom stereocenters. The maximum absolute atomic E-state index is 12.5. The van der Waals surface area contributed by atoms with E-state index in [4.69, 9.17) is 0 Å². The number of fused-ring (bicyclic) bond motifs is 1. The number of carbonyl (C=O) groups is 1. The van der Waals surface area contributed by atoms with E-state index >= 15 is 0 Å². The van der Waals surface area contributed by atoms with Crippen molar-refractivity contribution < 1.29 is 13.2 Å². The van der Waals surface area contributed by atoms with Crippen LogP contribution in [0.25, 0.3) is 0 Å². The van der Waals surface area contributed by atoms with Crippen LogP contribution in [0.2, 0.25) is 0 Å². The predicted octanol–water partition coefficient (Wildman–Crippen LogP) is 2.35. The molecule has 110 valence electrons. The molecule has 2 rings (SSSR count). The van der Waals surface area contributed by atoms with Gasteiger partial charge in [-0.05, 0) is 25.0 Å². The van der Waals surface area contributed by atoms with Crippen LogP contribution in [-0.2, 0) is 14.6 Å². The molecule has 5 heteroatoms. The third kappa shape index (κ3) is 2.59. The van der Waals surface area contributed by atoms with Gasteiger partial charge in [0.15, 0.2) is 9.84 Å². The van der Waals surface area contributed by atoms with Gasteiger partial charge in [-0.1, -0.05) is 32.0 Å². The Kier molecular flexibility index (Phi) is 4.18. The minimum absolute atomic E-state index is 0.0605. The van der Waals surface area contributed by atoms with E-state index in [1.165, 1.54) is 6.92 Å². The van der Waals surface area contributed by atoms with E-state index in [0.717, 1.165) is 11.3 Å². The standard InChI is InChI=1S/C15H21NO3S/c1-4-9-20(18,19)12(3)15(17)16-10-11(2)13-7-5-6-8-14(13)16/h5-8,11-12H,4,9-10H2,1-3H3/t11-,12-/m1/s1. The molecule has 0 spiro atoms. The fourth-order valence-electron chi connectivity index (χ4n) is 2.66. The summed E-state index contributed by atoms with van der Waals surface area (Å²) >= 11 is 0. The van der Waals surface area contributed by atoms with E-state index < -0.39 is 15.1 Å². The number of rotatable bonds is 4. The first-order valence-corrected chi connectivity index (χ1v) is 8.72. The van der Waals surface area contributed by atoms with E-state index in [-0.39, 0.29) is 17.6 Å². The van der Waals surface area contributed by atoms with E-state index in [1.807, 2.05) is 31.2 Å². The van der Waals surface area contributed by atoms with Crippen LogP contribution in [0.1, 0.15) is 38.7 Å². The lowest BCUT2D eigenvalue weighted by Crippen LogP contribution is -2.41. The summed E-state index contributed by atoms with van der Waals surface area (Å²) in [5.74, 6) is -0.00298. The van der Waals surface area contributed by atoms with Gasteiger partial charge in [0.2, 0.25) is 5.91 Å². The molecule has 0 aliphatic carbocycles. The maximum Gasteiger partial charge on any atom is 0.245 e. The lowest BCUT2D eigenvalue weighted by atomic mass is 10.0. The van der Waals surface area contributed by atoms with E-state index in [1.54, 1.807) is 4.90 Å². The fraction of sp³-hybridized carbons (Fsp3) is 0.533. The lowest BCUT2D eigenvalue weighted by Gasteiger charge is -2.22. The molecule has 20 heavy (non-hydrogen) atoms. The van der Waals surface area contributed by atoms with Crippen molar-refractivity contribution in [2.24, 2.45) is 0 Å². The van der Waals surface area contributed by atoms with Gasteiger partial charge in [-0.25, -0.2) is 8.42 Å². The van der Waals surface area contributed by atoms with Crippen molar-refractivity contribution >= 4 is 21.4 Å². The van der Waals surface area contributed by atoms with Crippen LogP contribution in [0.5, 0.6) is 0 Å². The normalized spacial score (nSPS) is 19.8. The third-order valence-corrected chi connectivity index (χ3v) is 6.11. The fourth-order valence-corrected chi connectivity index (χ4v) is 4.02. The van der Waals surface area contributed by atoms with Crippen molar-refractivity contribution in [2.75, 3.05) is 17.2 Å². The van der Waals surface area contributed by atoms with E-state index in [0.29, 0.717) is 13.0 Å². The summed E-state index contributed by atoms with van der Waals surface area (Å²) in [6.07, 6.45) is 0.535. The number of benzene rings is 1. The number of anilines is 1. The van der Waals surface area contributed by atoms with Gasteiger partial charge in [0.25, 0.3) is 0 Å². The number of hydrogen-bond donors (Lipinski definition) is 0. The zero-order chi connectivity index (χ0) is 14.9. The van der Waals surface area contributed by atoms with Crippen LogP contribution in [-0.4, -0.2) is 31.9 Å². The SMILES string of the molecule is CCCS(=O)(=O)[C@H](C)C(=O)N1C[C@@H](C)c2ccccc21. The highest BCUT2D eigenvalue weighted by molar-refractivity contribution is 7.92. The van der Waals surface area contributed by atoms with Gasteiger partial charge in [-0.2, -0.15) is 0 Å². The van der Waals surface area contributed by atoms with E-state index in [9.17, 15) is 13.2 Å². The van der Waals surface area contributed by atoms with Crippen molar-refractivity contribution in [3.05, 3.63) is 29.8 Å². The Bertz CT molecular complexity index is 609. The molecule has 0 bridgehead atoms. The summed E-state index contributed by atoms with van der Waals surface area (Å²) in [5.41, 5.74) is 1.96. The number of carbonyl (C=O) groups excluding carboxylic acids is 1. The molecule has 1 aromatic rings. The molecule has 0 fully saturated rings. The Balaban J connectivity index is 2.28. The van der Waals surface area contributed by atoms with Crippen LogP contribution < -0.4 is 4.90 Å². The minimum atomic E-state index is -3.36. The number of amides is 1. The van der Waals surface area contributed by atoms with Gasteiger partial charge in [-0.3, -0.25) is 4.79 Å². The van der Waals surface area contributed by atoms with Crippen molar-refractivity contribution in [3.8, 4) is 0 Å². The number of sulfone groups is 1. The van der Waals surface area contributed by atoms with Crippen molar-refractivity contribution in [3.63, 3.8) is 0 Å². The Morgan fingerprint density at radius 2 is 2.05 bits per heavy atom. The second kappa shape index (κ2) is 5.56. The molecule has 0 unspecified atom stereocenters. The first-order valence-electron chi connectivity index (χ1n) is 7.00. The second-order valence-corrected chi connectivity index (χ2v) is 7.86. The second-order valence-electron chi connectivity index (χ2n) is 5.42. The predicted molar refractivity (Wildman–Crippen MR) is 80.7 cm³/mol. The molecule has 1 aliphatic heterocycles. The number of para-hydroxylation sites is 1. The van der Waals surface area contributed by atoms with Gasteiger partial charge in [-0.15, -0.1) is 0 Å². The lowest BCUT2D eigenvalue weighted by molar-refractivity contribution is -0.117. The Morgan fingerprint density at radius 1 is 1.40 bits per heavy atom. The first-order chi connectivity index (χ1) is 9.38. The van der Waals surface area contributed by atoms with E-state index in [2.05, 4.69) is 6.92 Å². The average molecular weight is 295 g/mol. The first kappa shape index (κ1) is 15.0. The summed E-state index contributed by atoms with van der Waals surface area (Å²) < 4.78 is 24.1. The highest BCUT2D eigenvalue weighted by atomic mass is 32.2. The van der Waals surface area contributed by atoms with Crippen LogP contribution >= 0.6 is 0 Å². The largest absolute Gasteiger partial charge is 0.310 e. The zero-order valence-electron chi connectivity index (χ0n) is 12.2. The molecule has 0 N–H and O–H groups in total. The average Bonchev–Trinajstić information content (AvgIpc) is 2.75. The monoisotopic (exact) mass is 295 g/mol. The topological polar surface area (TPSA) is 54.5 Å². The minimum Gasteiger partial charge on any atom is -0.310 e. The van der Waals surface area contributed by atoms with Crippen LogP contribution in [0.4, 0.5) is 5.69 Å². The molecule has 0 saturated carbocycles. The van der Waals surface area contributed by atoms with Gasteiger partial charge >= 0.3 is 0 Å². The highest BCUT2D eigenvalue weighted by Crippen LogP contribution is 2.36. The Labute approximate surface area is 120 Å². The van der Waals surface area contributed by atoms with Crippen LogP contribution in [0.3, 0.4) is 0 Å². The summed E-state index contributed by atoms with van der Waals surface area (Å²) in [4.78, 5) is 14.1. The Morgan fingerprint density at radius 3 is 2.70 bits per heavy atom. The highest BCUT2D eigenvalue weighted by Gasteiger charge is 2.36. The summed E-state index contributed by atoms with van der Waals surface area (Å²) in [6.45, 7) is 5.92. The van der Waals surface area contributed by atoms with Crippen molar-refractivity contribution in [1.29, 1.82) is 0 Å². The molecule has 0 aromatic heterocycles. The van der Waals surface area contributed by atoms with Crippen LogP contribution in [0.15, 0.2) is 24.3 Å². The van der Waals surface area contributed by atoms with Crippen molar-refractivity contribution in [2.45, 2.75) is 38.4 Å². The molecule has 4 nitrogen and oxygen atoms in total. The summed E-state index contributed by atoms with van der Waals surface area (Å²) in [7, 11) is -3.36.